The maximum absolute atomic E-state index is 13.5. The monoisotopic (exact) mass is 452 g/mol. The van der Waals surface area contributed by atoms with E-state index in [-0.39, 0.29) is 48.7 Å². The van der Waals surface area contributed by atoms with Gasteiger partial charge >= 0.3 is 5.97 Å². The molecule has 1 aromatic heterocycles. The van der Waals surface area contributed by atoms with Crippen LogP contribution in [-0.2, 0) is 20.8 Å². The fraction of sp³-hybridized carbons (Fsp3) is 0.480. The molecule has 32 heavy (non-hydrogen) atoms. The molecule has 2 saturated carbocycles. The number of fused-ring (bicyclic) bond motifs is 2. The molecule has 1 aromatic carbocycles. The summed E-state index contributed by atoms with van der Waals surface area (Å²) in [5.74, 6) is -0.710. The van der Waals surface area contributed by atoms with E-state index in [9.17, 15) is 14.4 Å². The molecule has 2 heterocycles. The average molecular weight is 453 g/mol. The van der Waals surface area contributed by atoms with Crippen molar-refractivity contribution in [3.63, 3.8) is 0 Å². The first-order chi connectivity index (χ1) is 15.5. The van der Waals surface area contributed by atoms with Crippen LogP contribution >= 0.6 is 11.3 Å². The Bertz CT molecular complexity index is 1020. The Hall–Kier alpha value is -2.67. The van der Waals surface area contributed by atoms with Crippen LogP contribution in [0.15, 0.2) is 41.8 Å². The zero-order valence-electron chi connectivity index (χ0n) is 18.0. The van der Waals surface area contributed by atoms with Crippen molar-refractivity contribution in [3.05, 3.63) is 52.2 Å². The van der Waals surface area contributed by atoms with Gasteiger partial charge in [0.25, 0.3) is 0 Å². The van der Waals surface area contributed by atoms with Crippen LogP contribution in [0.25, 0.3) is 0 Å². The minimum Gasteiger partial charge on any atom is -0.481 e. The van der Waals surface area contributed by atoms with Gasteiger partial charge in [0.15, 0.2) is 0 Å². The lowest BCUT2D eigenvalue weighted by Gasteiger charge is -2.48. The van der Waals surface area contributed by atoms with Gasteiger partial charge in [-0.2, -0.15) is 0 Å². The predicted octanol–water partition coefficient (Wildman–Crippen LogP) is 4.40. The van der Waals surface area contributed by atoms with E-state index in [1.54, 1.807) is 11.3 Å². The van der Waals surface area contributed by atoms with Crippen LogP contribution in [0.1, 0.15) is 61.4 Å². The highest BCUT2D eigenvalue weighted by Gasteiger charge is 2.51. The second-order valence-electron chi connectivity index (χ2n) is 9.11. The van der Waals surface area contributed by atoms with Gasteiger partial charge in [-0.05, 0) is 48.8 Å². The minimum atomic E-state index is -0.942. The number of carbonyl (C=O) groups excluding carboxylic acids is 2. The summed E-state index contributed by atoms with van der Waals surface area (Å²) in [6.07, 6.45) is 5.16. The first kappa shape index (κ1) is 21.2. The Labute approximate surface area is 191 Å². The van der Waals surface area contributed by atoms with Crippen LogP contribution in [0.3, 0.4) is 0 Å². The third-order valence-corrected chi connectivity index (χ3v) is 7.92. The van der Waals surface area contributed by atoms with E-state index in [4.69, 9.17) is 5.11 Å². The molecular formula is C25H28N2O4S. The number of nitrogens with zero attached hydrogens (tertiary/aromatic N) is 2. The molecule has 3 atom stereocenters. The van der Waals surface area contributed by atoms with Crippen LogP contribution in [-0.4, -0.2) is 39.9 Å². The number of carboxylic acids is 1. The van der Waals surface area contributed by atoms with E-state index in [0.29, 0.717) is 6.42 Å². The van der Waals surface area contributed by atoms with Crippen molar-refractivity contribution in [2.24, 2.45) is 5.92 Å². The Kier molecular flexibility index (Phi) is 5.76. The maximum Gasteiger partial charge on any atom is 0.303 e. The van der Waals surface area contributed by atoms with Crippen molar-refractivity contribution in [2.45, 2.75) is 69.5 Å². The zero-order chi connectivity index (χ0) is 22.2. The molecule has 6 nitrogen and oxygen atoms in total. The number of aliphatic carboxylic acids is 1. The van der Waals surface area contributed by atoms with Gasteiger partial charge < -0.3 is 14.9 Å². The van der Waals surface area contributed by atoms with Gasteiger partial charge in [0.1, 0.15) is 0 Å². The van der Waals surface area contributed by atoms with Gasteiger partial charge in [-0.3, -0.25) is 14.4 Å². The summed E-state index contributed by atoms with van der Waals surface area (Å²) < 4.78 is 0. The minimum absolute atomic E-state index is 0.0307. The largest absolute Gasteiger partial charge is 0.481 e. The number of carboxylic acid groups (broad SMARTS) is 1. The number of rotatable bonds is 7. The third-order valence-electron chi connectivity index (χ3n) is 7.04. The molecule has 2 fully saturated rings. The normalized spacial score (nSPS) is 24.0. The molecule has 3 aliphatic rings. The van der Waals surface area contributed by atoms with Crippen LogP contribution in [0.5, 0.6) is 0 Å². The van der Waals surface area contributed by atoms with Crippen molar-refractivity contribution in [3.8, 4) is 0 Å². The number of anilines is 1. The molecule has 0 unspecified atom stereocenters. The molecule has 0 radical (unpaired) electrons. The van der Waals surface area contributed by atoms with E-state index in [1.807, 2.05) is 45.5 Å². The number of hydrogen-bond acceptors (Lipinski definition) is 4. The summed E-state index contributed by atoms with van der Waals surface area (Å²) in [4.78, 5) is 42.9. The summed E-state index contributed by atoms with van der Waals surface area (Å²) in [6.45, 7) is 0. The molecular weight excluding hydrogens is 424 g/mol. The topological polar surface area (TPSA) is 77.9 Å². The maximum atomic E-state index is 13.5. The lowest BCUT2D eigenvalue weighted by Crippen LogP contribution is -2.53. The smallest absolute Gasteiger partial charge is 0.303 e. The summed E-state index contributed by atoms with van der Waals surface area (Å²) in [5.41, 5.74) is 1.95. The fourth-order valence-corrected chi connectivity index (χ4v) is 6.32. The molecule has 2 aliphatic carbocycles. The van der Waals surface area contributed by atoms with Gasteiger partial charge in [0.05, 0.1) is 18.9 Å². The molecule has 0 spiro atoms. The Morgan fingerprint density at radius 2 is 1.84 bits per heavy atom. The summed E-state index contributed by atoms with van der Waals surface area (Å²) in [7, 11) is 0. The number of para-hydroxylation sites is 1. The van der Waals surface area contributed by atoms with Crippen LogP contribution in [0, 0.1) is 5.92 Å². The van der Waals surface area contributed by atoms with Crippen LogP contribution < -0.4 is 4.90 Å². The van der Waals surface area contributed by atoms with Gasteiger partial charge in [-0.25, -0.2) is 0 Å². The molecule has 0 bridgehead atoms. The zero-order valence-corrected chi connectivity index (χ0v) is 18.8. The summed E-state index contributed by atoms with van der Waals surface area (Å²) in [6, 6.07) is 12.2. The quantitative estimate of drug-likeness (QED) is 0.675. The summed E-state index contributed by atoms with van der Waals surface area (Å²) >= 11 is 1.60. The van der Waals surface area contributed by atoms with Crippen molar-refractivity contribution in [2.75, 3.05) is 4.90 Å². The second kappa shape index (κ2) is 8.70. The van der Waals surface area contributed by atoms with E-state index < -0.39 is 5.97 Å². The van der Waals surface area contributed by atoms with Gasteiger partial charge in [0, 0.05) is 35.0 Å². The third kappa shape index (κ3) is 3.94. The van der Waals surface area contributed by atoms with Crippen molar-refractivity contribution in [1.29, 1.82) is 0 Å². The Balaban J connectivity index is 1.51. The van der Waals surface area contributed by atoms with Gasteiger partial charge in [0.2, 0.25) is 11.8 Å². The van der Waals surface area contributed by atoms with Crippen molar-refractivity contribution < 1.29 is 19.5 Å². The lowest BCUT2D eigenvalue weighted by atomic mass is 9.81. The molecule has 168 valence electrons. The molecule has 2 amide bonds. The van der Waals surface area contributed by atoms with Gasteiger partial charge in [-0.1, -0.05) is 30.7 Å². The number of benzene rings is 1. The van der Waals surface area contributed by atoms with Crippen molar-refractivity contribution in [1.82, 2.24) is 4.90 Å². The molecule has 0 saturated heterocycles. The highest BCUT2D eigenvalue weighted by molar-refractivity contribution is 7.10. The van der Waals surface area contributed by atoms with E-state index in [2.05, 4.69) is 6.07 Å². The van der Waals surface area contributed by atoms with Crippen LogP contribution in [0.2, 0.25) is 0 Å². The molecule has 2 aromatic rings. The molecule has 7 heteroatoms. The standard InChI is InChI=1S/C25H28N2O4S/c28-22(12-13-24(30)31)26(16-10-11-16)25-18-6-1-2-8-20(18)27(21-9-3-7-19(21)25)23(29)15-17-5-4-14-32-17/h1-2,4-6,8,14,16,19,21,25H,3,7,9-13,15H2,(H,30,31)/t19-,21+,25-/m0/s1. The average Bonchev–Trinajstić information content (AvgIpc) is 3.26. The van der Waals surface area contributed by atoms with E-state index in [1.165, 1.54) is 0 Å². The molecule has 5 rings (SSSR count). The number of thiophene rings is 1. The van der Waals surface area contributed by atoms with E-state index in [0.717, 1.165) is 48.2 Å². The van der Waals surface area contributed by atoms with Crippen LogP contribution in [0.4, 0.5) is 5.69 Å². The number of hydrogen-bond donors (Lipinski definition) is 1. The molecule has 1 N–H and O–H groups in total. The lowest BCUT2D eigenvalue weighted by molar-refractivity contribution is -0.142. The molecule has 1 aliphatic heterocycles. The van der Waals surface area contributed by atoms with Crippen molar-refractivity contribution >= 4 is 34.8 Å². The highest BCUT2D eigenvalue weighted by Crippen LogP contribution is 2.52. The first-order valence-electron chi connectivity index (χ1n) is 11.5. The predicted molar refractivity (Wildman–Crippen MR) is 123 cm³/mol. The fourth-order valence-electron chi connectivity index (χ4n) is 5.63. The van der Waals surface area contributed by atoms with Gasteiger partial charge in [-0.15, -0.1) is 11.3 Å². The van der Waals surface area contributed by atoms with E-state index >= 15 is 0 Å². The highest BCUT2D eigenvalue weighted by atomic mass is 32.1. The first-order valence-corrected chi connectivity index (χ1v) is 12.4. The Morgan fingerprint density at radius 3 is 2.56 bits per heavy atom. The summed E-state index contributed by atoms with van der Waals surface area (Å²) in [5, 5.41) is 11.1. The Morgan fingerprint density at radius 1 is 1.03 bits per heavy atom. The number of carbonyl (C=O) groups is 3. The number of amides is 2. The SMILES string of the molecule is O=C(O)CCC(=O)N(C1CC1)[C@H]1c2ccccc2N(C(=O)Cc2cccs2)[C@@H]2CCC[C@@H]21. The second-order valence-corrected chi connectivity index (χ2v) is 10.1.